The van der Waals surface area contributed by atoms with Crippen molar-refractivity contribution in [1.29, 1.82) is 0 Å². The van der Waals surface area contributed by atoms with E-state index in [1.165, 1.54) is 23.1 Å². The van der Waals surface area contributed by atoms with Gasteiger partial charge in [-0.1, -0.05) is 6.07 Å². The Bertz CT molecular complexity index is 494. The van der Waals surface area contributed by atoms with Crippen LogP contribution in [0, 0.1) is 5.82 Å². The van der Waals surface area contributed by atoms with Crippen LogP contribution in [0.2, 0.25) is 0 Å². The maximum absolute atomic E-state index is 13.0. The minimum Gasteiger partial charge on any atom is -0.480 e. The van der Waals surface area contributed by atoms with Gasteiger partial charge in [0.05, 0.1) is 13.1 Å². The Kier molecular flexibility index (Phi) is 6.77. The molecular formula is C14H20FN3O3. The van der Waals surface area contributed by atoms with Crippen molar-refractivity contribution in [2.45, 2.75) is 0 Å². The summed E-state index contributed by atoms with van der Waals surface area (Å²) < 4.78 is 13.0. The zero-order valence-electron chi connectivity index (χ0n) is 12.2. The standard InChI is InChI=1S/C14H20FN3O3/c1-17(2)6-7-18(10-14(20)21)9-13(19)16-12-5-3-4-11(15)8-12/h3-5,8H,6-7,9-10H2,1-2H3,(H,16,19)(H,20,21). The van der Waals surface area contributed by atoms with Crippen molar-refractivity contribution in [2.75, 3.05) is 45.6 Å². The van der Waals surface area contributed by atoms with E-state index < -0.39 is 11.8 Å². The molecule has 0 aliphatic heterocycles. The summed E-state index contributed by atoms with van der Waals surface area (Å²) in [6, 6.07) is 5.55. The zero-order valence-corrected chi connectivity index (χ0v) is 12.2. The Balaban J connectivity index is 2.56. The van der Waals surface area contributed by atoms with Crippen molar-refractivity contribution in [3.8, 4) is 0 Å². The van der Waals surface area contributed by atoms with Crippen molar-refractivity contribution in [3.63, 3.8) is 0 Å². The second kappa shape index (κ2) is 8.33. The van der Waals surface area contributed by atoms with Gasteiger partial charge in [-0.25, -0.2) is 4.39 Å². The Morgan fingerprint density at radius 2 is 1.95 bits per heavy atom. The highest BCUT2D eigenvalue weighted by molar-refractivity contribution is 5.92. The number of hydrogen-bond donors (Lipinski definition) is 2. The number of hydrogen-bond acceptors (Lipinski definition) is 4. The Morgan fingerprint density at radius 3 is 2.52 bits per heavy atom. The van der Waals surface area contributed by atoms with Crippen LogP contribution in [0.3, 0.4) is 0 Å². The largest absolute Gasteiger partial charge is 0.480 e. The van der Waals surface area contributed by atoms with Gasteiger partial charge in [0, 0.05) is 18.8 Å². The number of halogens is 1. The molecule has 0 atom stereocenters. The average molecular weight is 297 g/mol. The fraction of sp³-hybridized carbons (Fsp3) is 0.429. The summed E-state index contributed by atoms with van der Waals surface area (Å²) >= 11 is 0. The average Bonchev–Trinajstić information content (AvgIpc) is 2.35. The summed E-state index contributed by atoms with van der Waals surface area (Å²) in [5.74, 6) is -1.81. The number of rotatable bonds is 8. The van der Waals surface area contributed by atoms with E-state index in [4.69, 9.17) is 5.11 Å². The monoisotopic (exact) mass is 297 g/mol. The number of likely N-dealkylation sites (N-methyl/N-ethyl adjacent to an activating group) is 1. The van der Waals surface area contributed by atoms with Crippen LogP contribution in [-0.2, 0) is 9.59 Å². The summed E-state index contributed by atoms with van der Waals surface area (Å²) in [6.45, 7) is 0.817. The second-order valence-corrected chi connectivity index (χ2v) is 4.97. The molecule has 2 N–H and O–H groups in total. The zero-order chi connectivity index (χ0) is 15.8. The molecule has 0 radical (unpaired) electrons. The van der Waals surface area contributed by atoms with Crippen molar-refractivity contribution in [1.82, 2.24) is 9.80 Å². The van der Waals surface area contributed by atoms with Crippen LogP contribution in [-0.4, -0.2) is 67.1 Å². The van der Waals surface area contributed by atoms with E-state index in [-0.39, 0.29) is 19.0 Å². The molecule has 0 saturated carbocycles. The predicted octanol–water partition coefficient (Wildman–Crippen LogP) is 0.712. The number of carbonyl (C=O) groups excluding carboxylic acids is 1. The number of benzene rings is 1. The quantitative estimate of drug-likeness (QED) is 0.739. The van der Waals surface area contributed by atoms with Crippen LogP contribution in [0.4, 0.5) is 10.1 Å². The van der Waals surface area contributed by atoms with Gasteiger partial charge in [-0.05, 0) is 32.3 Å². The molecule has 21 heavy (non-hydrogen) atoms. The number of aliphatic carboxylic acids is 1. The molecule has 0 saturated heterocycles. The third kappa shape index (κ3) is 7.38. The number of carbonyl (C=O) groups is 2. The highest BCUT2D eigenvalue weighted by atomic mass is 19.1. The smallest absolute Gasteiger partial charge is 0.317 e. The van der Waals surface area contributed by atoms with Gasteiger partial charge in [-0.2, -0.15) is 0 Å². The Hall–Kier alpha value is -1.99. The minimum absolute atomic E-state index is 0.0589. The van der Waals surface area contributed by atoms with E-state index in [1.807, 2.05) is 19.0 Å². The fourth-order valence-electron chi connectivity index (χ4n) is 1.72. The van der Waals surface area contributed by atoms with Crippen LogP contribution >= 0.6 is 0 Å². The molecule has 0 unspecified atom stereocenters. The van der Waals surface area contributed by atoms with Gasteiger partial charge in [0.15, 0.2) is 0 Å². The lowest BCUT2D eigenvalue weighted by Crippen LogP contribution is -2.40. The van der Waals surface area contributed by atoms with Crippen LogP contribution in [0.15, 0.2) is 24.3 Å². The lowest BCUT2D eigenvalue weighted by Gasteiger charge is -2.21. The molecule has 0 aromatic heterocycles. The van der Waals surface area contributed by atoms with E-state index in [0.717, 1.165) is 0 Å². The third-order valence-corrected chi connectivity index (χ3v) is 2.70. The normalized spacial score (nSPS) is 10.9. The molecule has 0 bridgehead atoms. The maximum Gasteiger partial charge on any atom is 0.317 e. The van der Waals surface area contributed by atoms with Crippen molar-refractivity contribution < 1.29 is 19.1 Å². The number of nitrogens with zero attached hydrogens (tertiary/aromatic N) is 2. The molecule has 0 fully saturated rings. The van der Waals surface area contributed by atoms with E-state index >= 15 is 0 Å². The number of carboxylic acid groups (broad SMARTS) is 1. The van der Waals surface area contributed by atoms with Gasteiger partial charge in [-0.15, -0.1) is 0 Å². The number of carboxylic acids is 1. The molecule has 0 heterocycles. The van der Waals surface area contributed by atoms with E-state index in [2.05, 4.69) is 5.32 Å². The SMILES string of the molecule is CN(C)CCN(CC(=O)O)CC(=O)Nc1cccc(F)c1. The number of amides is 1. The molecule has 0 aliphatic rings. The van der Waals surface area contributed by atoms with Crippen LogP contribution in [0.25, 0.3) is 0 Å². The van der Waals surface area contributed by atoms with Crippen molar-refractivity contribution in [3.05, 3.63) is 30.1 Å². The van der Waals surface area contributed by atoms with Crippen LogP contribution < -0.4 is 5.32 Å². The first kappa shape index (κ1) is 17.1. The van der Waals surface area contributed by atoms with Crippen LogP contribution in [0.1, 0.15) is 0 Å². The van der Waals surface area contributed by atoms with E-state index in [0.29, 0.717) is 18.8 Å². The van der Waals surface area contributed by atoms with Crippen molar-refractivity contribution >= 4 is 17.6 Å². The second-order valence-electron chi connectivity index (χ2n) is 4.97. The minimum atomic E-state index is -0.993. The first-order valence-corrected chi connectivity index (χ1v) is 6.51. The lowest BCUT2D eigenvalue weighted by atomic mass is 10.3. The predicted molar refractivity (Wildman–Crippen MR) is 77.7 cm³/mol. The summed E-state index contributed by atoms with van der Waals surface area (Å²) in [4.78, 5) is 26.1. The third-order valence-electron chi connectivity index (χ3n) is 2.70. The van der Waals surface area contributed by atoms with Gasteiger partial charge in [0.1, 0.15) is 5.82 Å². The summed E-state index contributed by atoms with van der Waals surface area (Å²) in [6.07, 6.45) is 0. The molecule has 0 spiro atoms. The fourth-order valence-corrected chi connectivity index (χ4v) is 1.72. The molecule has 1 rings (SSSR count). The van der Waals surface area contributed by atoms with E-state index in [1.54, 1.807) is 6.07 Å². The summed E-state index contributed by atoms with van der Waals surface area (Å²) in [5.41, 5.74) is 0.350. The first-order valence-electron chi connectivity index (χ1n) is 6.51. The van der Waals surface area contributed by atoms with E-state index in [9.17, 15) is 14.0 Å². The molecule has 116 valence electrons. The molecule has 6 nitrogen and oxygen atoms in total. The van der Waals surface area contributed by atoms with Gasteiger partial charge in [-0.3, -0.25) is 14.5 Å². The van der Waals surface area contributed by atoms with Gasteiger partial charge in [0.2, 0.25) is 5.91 Å². The first-order chi connectivity index (χ1) is 9.86. The number of anilines is 1. The summed E-state index contributed by atoms with van der Waals surface area (Å²) in [5, 5.41) is 11.4. The number of nitrogens with one attached hydrogen (secondary N) is 1. The lowest BCUT2D eigenvalue weighted by molar-refractivity contribution is -0.138. The molecule has 0 aliphatic carbocycles. The Morgan fingerprint density at radius 1 is 1.24 bits per heavy atom. The maximum atomic E-state index is 13.0. The molecular weight excluding hydrogens is 277 g/mol. The topological polar surface area (TPSA) is 72.9 Å². The molecule has 1 aromatic carbocycles. The molecule has 7 heteroatoms. The van der Waals surface area contributed by atoms with Crippen molar-refractivity contribution in [2.24, 2.45) is 0 Å². The van der Waals surface area contributed by atoms with Gasteiger partial charge in [0.25, 0.3) is 0 Å². The van der Waals surface area contributed by atoms with Gasteiger partial charge >= 0.3 is 5.97 Å². The summed E-state index contributed by atoms with van der Waals surface area (Å²) in [7, 11) is 3.73. The highest BCUT2D eigenvalue weighted by Gasteiger charge is 2.14. The van der Waals surface area contributed by atoms with Crippen LogP contribution in [0.5, 0.6) is 0 Å². The highest BCUT2D eigenvalue weighted by Crippen LogP contribution is 2.08. The Labute approximate surface area is 123 Å². The molecule has 1 aromatic rings. The van der Waals surface area contributed by atoms with Gasteiger partial charge < -0.3 is 15.3 Å². The molecule has 1 amide bonds.